The highest BCUT2D eigenvalue weighted by atomic mass is 32.1. The summed E-state index contributed by atoms with van der Waals surface area (Å²) in [6, 6.07) is 9.73. The van der Waals surface area contributed by atoms with Crippen LogP contribution in [0, 0.1) is 4.64 Å². The molecule has 3 nitrogen and oxygen atoms in total. The second kappa shape index (κ2) is 5.10. The standard InChI is InChI=1S/C13H14N2OS/c1-3-12-14-11(8-13(17)15-12)9-5-4-6-10(7-9)16-2/h4-8H,3H2,1-2H3,(H,14,15,17). The van der Waals surface area contributed by atoms with Crippen molar-refractivity contribution < 1.29 is 4.74 Å². The Labute approximate surface area is 105 Å². The van der Waals surface area contributed by atoms with Gasteiger partial charge in [0.05, 0.1) is 7.11 Å². The van der Waals surface area contributed by atoms with Crippen LogP contribution in [0.25, 0.3) is 11.3 Å². The van der Waals surface area contributed by atoms with Crippen molar-refractivity contribution in [3.8, 4) is 17.0 Å². The minimum atomic E-state index is 0.610. The SMILES string of the molecule is CCc1nc(=S)cc(-c2cccc(OC)c2)[nH]1. The van der Waals surface area contributed by atoms with Crippen LogP contribution in [0.1, 0.15) is 12.7 Å². The van der Waals surface area contributed by atoms with Gasteiger partial charge in [0, 0.05) is 17.7 Å². The third-order valence-corrected chi connectivity index (χ3v) is 2.72. The molecule has 1 heterocycles. The van der Waals surface area contributed by atoms with Crippen LogP contribution in [-0.2, 0) is 6.42 Å². The molecule has 0 atom stereocenters. The van der Waals surface area contributed by atoms with Crippen LogP contribution in [0.5, 0.6) is 5.75 Å². The Hall–Kier alpha value is -1.68. The summed E-state index contributed by atoms with van der Waals surface area (Å²) in [6.45, 7) is 2.04. The molecule has 0 saturated heterocycles. The Kier molecular flexibility index (Phi) is 3.54. The number of aryl methyl sites for hydroxylation is 1. The van der Waals surface area contributed by atoms with Crippen LogP contribution in [0.15, 0.2) is 30.3 Å². The summed E-state index contributed by atoms with van der Waals surface area (Å²) in [5, 5.41) is 0. The first-order valence-electron chi connectivity index (χ1n) is 5.47. The van der Waals surface area contributed by atoms with Gasteiger partial charge in [0.2, 0.25) is 0 Å². The summed E-state index contributed by atoms with van der Waals surface area (Å²) in [6.07, 6.45) is 0.835. The van der Waals surface area contributed by atoms with Crippen molar-refractivity contribution in [1.29, 1.82) is 0 Å². The number of ether oxygens (including phenoxy) is 1. The van der Waals surface area contributed by atoms with E-state index >= 15 is 0 Å². The lowest BCUT2D eigenvalue weighted by Crippen LogP contribution is -1.95. The maximum absolute atomic E-state index is 5.21. The van der Waals surface area contributed by atoms with Crippen molar-refractivity contribution in [1.82, 2.24) is 9.97 Å². The summed E-state index contributed by atoms with van der Waals surface area (Å²) in [5.74, 6) is 1.73. The first kappa shape index (κ1) is 11.8. The molecule has 2 rings (SSSR count). The van der Waals surface area contributed by atoms with Gasteiger partial charge >= 0.3 is 0 Å². The average Bonchev–Trinajstić information content (AvgIpc) is 2.38. The van der Waals surface area contributed by atoms with E-state index in [0.29, 0.717) is 4.64 Å². The molecule has 0 bridgehead atoms. The highest BCUT2D eigenvalue weighted by Crippen LogP contribution is 2.22. The Bertz CT molecular complexity index is 578. The third kappa shape index (κ3) is 2.71. The molecule has 1 N–H and O–H groups in total. The molecule has 0 fully saturated rings. The smallest absolute Gasteiger partial charge is 0.130 e. The molecule has 4 heteroatoms. The van der Waals surface area contributed by atoms with Gasteiger partial charge in [-0.3, -0.25) is 0 Å². The molecule has 1 aromatic carbocycles. The van der Waals surface area contributed by atoms with E-state index in [0.717, 1.165) is 29.3 Å². The van der Waals surface area contributed by atoms with Gasteiger partial charge in [-0.15, -0.1) is 0 Å². The maximum atomic E-state index is 5.21. The van der Waals surface area contributed by atoms with Gasteiger partial charge in [-0.25, -0.2) is 4.98 Å². The summed E-state index contributed by atoms with van der Waals surface area (Å²) in [5.41, 5.74) is 2.02. The number of nitrogens with one attached hydrogen (secondary N) is 1. The van der Waals surface area contributed by atoms with Crippen molar-refractivity contribution in [2.24, 2.45) is 0 Å². The number of nitrogens with zero attached hydrogens (tertiary/aromatic N) is 1. The van der Waals surface area contributed by atoms with Gasteiger partial charge in [-0.05, 0) is 18.2 Å². The van der Waals surface area contributed by atoms with Crippen LogP contribution in [0.3, 0.4) is 0 Å². The van der Waals surface area contributed by atoms with Gasteiger partial charge in [0.1, 0.15) is 16.2 Å². The number of hydrogen-bond acceptors (Lipinski definition) is 3. The summed E-state index contributed by atoms with van der Waals surface area (Å²) in [7, 11) is 1.66. The fourth-order valence-corrected chi connectivity index (χ4v) is 1.85. The molecule has 0 radical (unpaired) electrons. The van der Waals surface area contributed by atoms with Crippen LogP contribution in [0.2, 0.25) is 0 Å². The molecule has 0 aliphatic rings. The minimum Gasteiger partial charge on any atom is -0.497 e. The van der Waals surface area contributed by atoms with Crippen LogP contribution in [0.4, 0.5) is 0 Å². The fraction of sp³-hybridized carbons (Fsp3) is 0.231. The predicted octanol–water partition coefficient (Wildman–Crippen LogP) is 3.38. The molecule has 0 unspecified atom stereocenters. The van der Waals surface area contributed by atoms with E-state index in [2.05, 4.69) is 9.97 Å². The lowest BCUT2D eigenvalue weighted by Gasteiger charge is -2.06. The van der Waals surface area contributed by atoms with Crippen molar-refractivity contribution in [2.75, 3.05) is 7.11 Å². The van der Waals surface area contributed by atoms with Crippen molar-refractivity contribution >= 4 is 12.2 Å². The molecular weight excluding hydrogens is 232 g/mol. The quantitative estimate of drug-likeness (QED) is 0.844. The van der Waals surface area contributed by atoms with E-state index < -0.39 is 0 Å². The summed E-state index contributed by atoms with van der Waals surface area (Å²) < 4.78 is 5.82. The number of aromatic amines is 1. The number of methoxy groups -OCH3 is 1. The van der Waals surface area contributed by atoms with Crippen molar-refractivity contribution in [2.45, 2.75) is 13.3 Å². The Balaban J connectivity index is 2.51. The van der Waals surface area contributed by atoms with Crippen LogP contribution in [-0.4, -0.2) is 17.1 Å². The van der Waals surface area contributed by atoms with Gasteiger partial charge < -0.3 is 9.72 Å². The minimum absolute atomic E-state index is 0.610. The van der Waals surface area contributed by atoms with Gasteiger partial charge in [0.25, 0.3) is 0 Å². The first-order chi connectivity index (χ1) is 8.22. The van der Waals surface area contributed by atoms with E-state index in [1.165, 1.54) is 0 Å². The third-order valence-electron chi connectivity index (χ3n) is 2.51. The molecular formula is C13H14N2OS. The Morgan fingerprint density at radius 2 is 2.18 bits per heavy atom. The monoisotopic (exact) mass is 246 g/mol. The molecule has 0 aliphatic heterocycles. The number of rotatable bonds is 3. The molecule has 0 spiro atoms. The molecule has 2 aromatic rings. The number of H-pyrrole nitrogens is 1. The largest absolute Gasteiger partial charge is 0.497 e. The second-order valence-corrected chi connectivity index (χ2v) is 4.08. The van der Waals surface area contributed by atoms with E-state index in [1.807, 2.05) is 37.3 Å². The normalized spacial score (nSPS) is 10.2. The highest BCUT2D eigenvalue weighted by molar-refractivity contribution is 7.71. The highest BCUT2D eigenvalue weighted by Gasteiger charge is 2.02. The second-order valence-electron chi connectivity index (χ2n) is 3.67. The predicted molar refractivity (Wildman–Crippen MR) is 70.8 cm³/mol. The van der Waals surface area contributed by atoms with E-state index in [4.69, 9.17) is 17.0 Å². The topological polar surface area (TPSA) is 37.9 Å². The van der Waals surface area contributed by atoms with E-state index in [-0.39, 0.29) is 0 Å². The lowest BCUT2D eigenvalue weighted by atomic mass is 10.1. The lowest BCUT2D eigenvalue weighted by molar-refractivity contribution is 0.415. The zero-order valence-electron chi connectivity index (χ0n) is 9.86. The maximum Gasteiger partial charge on any atom is 0.130 e. The Morgan fingerprint density at radius 1 is 1.35 bits per heavy atom. The molecule has 0 amide bonds. The van der Waals surface area contributed by atoms with E-state index in [1.54, 1.807) is 7.11 Å². The molecule has 0 aliphatic carbocycles. The molecule has 0 saturated carbocycles. The van der Waals surface area contributed by atoms with Crippen molar-refractivity contribution in [3.63, 3.8) is 0 Å². The zero-order valence-corrected chi connectivity index (χ0v) is 10.7. The summed E-state index contributed by atoms with van der Waals surface area (Å²) >= 11 is 5.15. The fourth-order valence-electron chi connectivity index (χ4n) is 1.62. The molecule has 88 valence electrons. The number of aromatic nitrogens is 2. The van der Waals surface area contributed by atoms with Crippen molar-refractivity contribution in [3.05, 3.63) is 40.8 Å². The molecule has 1 aromatic heterocycles. The number of benzene rings is 1. The Morgan fingerprint density at radius 3 is 2.88 bits per heavy atom. The van der Waals surface area contributed by atoms with Crippen LogP contribution >= 0.6 is 12.2 Å². The van der Waals surface area contributed by atoms with Crippen LogP contribution < -0.4 is 4.74 Å². The van der Waals surface area contributed by atoms with Gasteiger partial charge in [0.15, 0.2) is 0 Å². The van der Waals surface area contributed by atoms with Gasteiger partial charge in [-0.1, -0.05) is 31.3 Å². The average molecular weight is 246 g/mol. The number of hydrogen-bond donors (Lipinski definition) is 1. The first-order valence-corrected chi connectivity index (χ1v) is 5.88. The zero-order chi connectivity index (χ0) is 12.3. The molecule has 17 heavy (non-hydrogen) atoms. The van der Waals surface area contributed by atoms with E-state index in [9.17, 15) is 0 Å². The van der Waals surface area contributed by atoms with Gasteiger partial charge in [-0.2, -0.15) is 0 Å². The summed E-state index contributed by atoms with van der Waals surface area (Å²) in [4.78, 5) is 7.52.